The standard InChI is InChI=1S/C15H20N2O2/c1-4-10-15(18,12-8-6-5-7-9-12)14-13(19-3)11-16-17(14)2/h5-9,11,18H,4,10H2,1-3H3. The van der Waals surface area contributed by atoms with Gasteiger partial charge in [-0.25, -0.2) is 0 Å². The normalized spacial score (nSPS) is 14.1. The zero-order chi connectivity index (χ0) is 13.9. The van der Waals surface area contributed by atoms with Gasteiger partial charge in [0.15, 0.2) is 5.75 Å². The number of nitrogens with zero attached hydrogens (tertiary/aromatic N) is 2. The predicted octanol–water partition coefficient (Wildman–Crippen LogP) is 2.46. The molecule has 0 saturated carbocycles. The predicted molar refractivity (Wildman–Crippen MR) is 74.1 cm³/mol. The summed E-state index contributed by atoms with van der Waals surface area (Å²) in [4.78, 5) is 0. The van der Waals surface area contributed by atoms with Gasteiger partial charge in [-0.15, -0.1) is 0 Å². The Hall–Kier alpha value is -1.81. The van der Waals surface area contributed by atoms with Crippen LogP contribution in [0, 0.1) is 0 Å². The van der Waals surface area contributed by atoms with Crippen LogP contribution in [0.1, 0.15) is 31.0 Å². The maximum absolute atomic E-state index is 11.2. The monoisotopic (exact) mass is 260 g/mol. The van der Waals surface area contributed by atoms with E-state index in [4.69, 9.17) is 4.74 Å². The summed E-state index contributed by atoms with van der Waals surface area (Å²) in [5.41, 5.74) is 0.480. The molecule has 0 aliphatic rings. The second-order valence-corrected chi connectivity index (χ2v) is 4.66. The lowest BCUT2D eigenvalue weighted by Crippen LogP contribution is -2.30. The van der Waals surface area contributed by atoms with Crippen LogP contribution in [0.5, 0.6) is 5.75 Å². The molecule has 4 heteroatoms. The summed E-state index contributed by atoms with van der Waals surface area (Å²) in [6, 6.07) is 9.66. The van der Waals surface area contributed by atoms with Gasteiger partial charge in [-0.1, -0.05) is 43.7 Å². The SMILES string of the molecule is CCCC(O)(c1ccccc1)c1c(OC)cnn1C. The van der Waals surface area contributed by atoms with Crippen LogP contribution < -0.4 is 4.74 Å². The van der Waals surface area contributed by atoms with Crippen LogP contribution in [0.2, 0.25) is 0 Å². The lowest BCUT2D eigenvalue weighted by atomic mass is 9.86. The van der Waals surface area contributed by atoms with Crippen molar-refractivity contribution in [1.82, 2.24) is 9.78 Å². The van der Waals surface area contributed by atoms with Crippen LogP contribution in [0.15, 0.2) is 36.5 Å². The number of ether oxygens (including phenoxy) is 1. The van der Waals surface area contributed by atoms with E-state index in [9.17, 15) is 5.11 Å². The van der Waals surface area contributed by atoms with Gasteiger partial charge in [0.05, 0.1) is 13.3 Å². The Bertz CT molecular complexity index is 536. The molecule has 2 rings (SSSR count). The summed E-state index contributed by atoms with van der Waals surface area (Å²) in [6.07, 6.45) is 3.12. The van der Waals surface area contributed by atoms with Gasteiger partial charge in [-0.05, 0) is 12.0 Å². The Kier molecular flexibility index (Phi) is 3.90. The molecule has 1 heterocycles. The number of benzene rings is 1. The van der Waals surface area contributed by atoms with Gasteiger partial charge in [0.2, 0.25) is 0 Å². The molecule has 1 unspecified atom stereocenters. The molecule has 0 fully saturated rings. The molecule has 102 valence electrons. The lowest BCUT2D eigenvalue weighted by molar-refractivity contribution is 0.0588. The van der Waals surface area contributed by atoms with Gasteiger partial charge < -0.3 is 9.84 Å². The van der Waals surface area contributed by atoms with Crippen molar-refractivity contribution in [2.45, 2.75) is 25.4 Å². The van der Waals surface area contributed by atoms with Gasteiger partial charge in [0.1, 0.15) is 11.3 Å². The van der Waals surface area contributed by atoms with Crippen molar-refractivity contribution in [3.05, 3.63) is 47.8 Å². The smallest absolute Gasteiger partial charge is 0.163 e. The quantitative estimate of drug-likeness (QED) is 0.898. The van der Waals surface area contributed by atoms with Gasteiger partial charge in [0, 0.05) is 7.05 Å². The molecule has 1 aromatic heterocycles. The van der Waals surface area contributed by atoms with Crippen molar-refractivity contribution >= 4 is 0 Å². The molecule has 1 aromatic carbocycles. The fourth-order valence-electron chi connectivity index (χ4n) is 2.51. The molecule has 0 bridgehead atoms. The molecular weight excluding hydrogens is 240 g/mol. The lowest BCUT2D eigenvalue weighted by Gasteiger charge is -2.29. The van der Waals surface area contributed by atoms with E-state index in [1.54, 1.807) is 18.0 Å². The summed E-state index contributed by atoms with van der Waals surface area (Å²) in [6.45, 7) is 2.05. The van der Waals surface area contributed by atoms with E-state index in [-0.39, 0.29) is 0 Å². The maximum atomic E-state index is 11.2. The number of aromatic nitrogens is 2. The summed E-state index contributed by atoms with van der Waals surface area (Å²) in [7, 11) is 3.42. The second-order valence-electron chi connectivity index (χ2n) is 4.66. The van der Waals surface area contributed by atoms with E-state index in [0.717, 1.165) is 12.0 Å². The fraction of sp³-hybridized carbons (Fsp3) is 0.400. The molecule has 0 saturated heterocycles. The highest BCUT2D eigenvalue weighted by molar-refractivity contribution is 5.39. The van der Waals surface area contributed by atoms with Gasteiger partial charge in [-0.3, -0.25) is 4.68 Å². The van der Waals surface area contributed by atoms with Gasteiger partial charge in [-0.2, -0.15) is 5.10 Å². The number of aliphatic hydroxyl groups is 1. The summed E-state index contributed by atoms with van der Waals surface area (Å²) in [5, 5.41) is 15.4. The highest BCUT2D eigenvalue weighted by atomic mass is 16.5. The molecule has 4 nitrogen and oxygen atoms in total. The minimum Gasteiger partial charge on any atom is -0.493 e. The van der Waals surface area contributed by atoms with Gasteiger partial charge in [0.25, 0.3) is 0 Å². The molecule has 0 aliphatic carbocycles. The molecule has 1 N–H and O–H groups in total. The summed E-state index contributed by atoms with van der Waals surface area (Å²) < 4.78 is 7.02. The average molecular weight is 260 g/mol. The molecule has 2 aromatic rings. The Labute approximate surface area is 113 Å². The van der Waals surface area contributed by atoms with E-state index < -0.39 is 5.60 Å². The molecule has 19 heavy (non-hydrogen) atoms. The highest BCUT2D eigenvalue weighted by Gasteiger charge is 2.36. The van der Waals surface area contributed by atoms with Crippen molar-refractivity contribution in [1.29, 1.82) is 0 Å². The third-order valence-corrected chi connectivity index (χ3v) is 3.38. The van der Waals surface area contributed by atoms with Gasteiger partial charge >= 0.3 is 0 Å². The minimum absolute atomic E-state index is 0.613. The van der Waals surface area contributed by atoms with Crippen LogP contribution in [0.4, 0.5) is 0 Å². The van der Waals surface area contributed by atoms with E-state index in [1.807, 2.05) is 37.4 Å². The van der Waals surface area contributed by atoms with Crippen molar-refractivity contribution in [3.8, 4) is 5.75 Å². The minimum atomic E-state index is -1.08. The molecule has 0 aliphatic heterocycles. The topological polar surface area (TPSA) is 47.3 Å². The molecule has 0 radical (unpaired) electrons. The third kappa shape index (κ3) is 2.36. The highest BCUT2D eigenvalue weighted by Crippen LogP contribution is 2.38. The third-order valence-electron chi connectivity index (χ3n) is 3.38. The maximum Gasteiger partial charge on any atom is 0.163 e. The molecule has 0 spiro atoms. The first kappa shape index (κ1) is 13.6. The average Bonchev–Trinajstić information content (AvgIpc) is 2.81. The van der Waals surface area contributed by atoms with Crippen LogP contribution in [0.25, 0.3) is 0 Å². The summed E-state index contributed by atoms with van der Waals surface area (Å²) >= 11 is 0. The Morgan fingerprint density at radius 3 is 2.58 bits per heavy atom. The fourth-order valence-corrected chi connectivity index (χ4v) is 2.51. The Balaban J connectivity index is 2.59. The molecular formula is C15H20N2O2. The number of aryl methyl sites for hydroxylation is 1. The number of methoxy groups -OCH3 is 1. The van der Waals surface area contributed by atoms with E-state index >= 15 is 0 Å². The van der Waals surface area contributed by atoms with Crippen molar-refractivity contribution in [2.75, 3.05) is 7.11 Å². The Morgan fingerprint density at radius 1 is 1.32 bits per heavy atom. The van der Waals surface area contributed by atoms with Crippen LogP contribution in [0.3, 0.4) is 0 Å². The first-order chi connectivity index (χ1) is 9.13. The molecule has 0 amide bonds. The van der Waals surface area contributed by atoms with E-state index in [0.29, 0.717) is 17.9 Å². The van der Waals surface area contributed by atoms with Crippen LogP contribution >= 0.6 is 0 Å². The van der Waals surface area contributed by atoms with Crippen molar-refractivity contribution < 1.29 is 9.84 Å². The number of rotatable bonds is 5. The van der Waals surface area contributed by atoms with Crippen molar-refractivity contribution in [3.63, 3.8) is 0 Å². The van der Waals surface area contributed by atoms with Crippen molar-refractivity contribution in [2.24, 2.45) is 7.05 Å². The zero-order valence-corrected chi connectivity index (χ0v) is 11.6. The van der Waals surface area contributed by atoms with E-state index in [2.05, 4.69) is 12.0 Å². The molecule has 1 atom stereocenters. The number of hydrogen-bond acceptors (Lipinski definition) is 3. The Morgan fingerprint density at radius 2 is 2.00 bits per heavy atom. The van der Waals surface area contributed by atoms with Crippen LogP contribution in [-0.2, 0) is 12.6 Å². The summed E-state index contributed by atoms with van der Waals surface area (Å²) in [5.74, 6) is 0.613. The van der Waals surface area contributed by atoms with E-state index in [1.165, 1.54) is 0 Å². The first-order valence-electron chi connectivity index (χ1n) is 6.48. The second kappa shape index (κ2) is 5.45. The number of hydrogen-bond donors (Lipinski definition) is 1. The first-order valence-corrected chi connectivity index (χ1v) is 6.48. The largest absolute Gasteiger partial charge is 0.493 e. The zero-order valence-electron chi connectivity index (χ0n) is 11.6. The van der Waals surface area contributed by atoms with Crippen LogP contribution in [-0.4, -0.2) is 22.0 Å².